The lowest BCUT2D eigenvalue weighted by molar-refractivity contribution is 0.866. The summed E-state index contributed by atoms with van der Waals surface area (Å²) in [6, 6.07) is 12.8. The van der Waals surface area contributed by atoms with Crippen LogP contribution in [0.3, 0.4) is 0 Å². The maximum atomic E-state index is 6.21. The molecule has 4 heteroatoms. The number of rotatable bonds is 2. The summed E-state index contributed by atoms with van der Waals surface area (Å²) in [5.74, 6) is 0. The highest BCUT2D eigenvalue weighted by atomic mass is 79.9. The summed E-state index contributed by atoms with van der Waals surface area (Å²) in [6.07, 6.45) is 0. The zero-order valence-electron chi connectivity index (χ0n) is 8.83. The standard InChI is InChI=1S/C13H10BrCl2N/c14-11-6-5-8(15)7-10(11)13(17)9-3-1-2-4-12(9)16/h1-7,13H,17H2. The number of benzene rings is 2. The minimum Gasteiger partial charge on any atom is -0.320 e. The van der Waals surface area contributed by atoms with Gasteiger partial charge in [-0.3, -0.25) is 0 Å². The minimum absolute atomic E-state index is 0.295. The highest BCUT2D eigenvalue weighted by molar-refractivity contribution is 9.10. The van der Waals surface area contributed by atoms with Gasteiger partial charge in [-0.1, -0.05) is 57.3 Å². The van der Waals surface area contributed by atoms with Crippen molar-refractivity contribution < 1.29 is 0 Å². The molecule has 0 aromatic heterocycles. The second-order valence-corrected chi connectivity index (χ2v) is 5.36. The number of hydrogen-bond acceptors (Lipinski definition) is 1. The first-order valence-electron chi connectivity index (χ1n) is 5.04. The molecule has 0 radical (unpaired) electrons. The number of halogens is 3. The third kappa shape index (κ3) is 2.83. The van der Waals surface area contributed by atoms with Gasteiger partial charge in [0.15, 0.2) is 0 Å². The van der Waals surface area contributed by atoms with Gasteiger partial charge in [-0.2, -0.15) is 0 Å². The molecular weight excluding hydrogens is 321 g/mol. The van der Waals surface area contributed by atoms with Crippen LogP contribution in [0.5, 0.6) is 0 Å². The van der Waals surface area contributed by atoms with Gasteiger partial charge in [0.25, 0.3) is 0 Å². The Morgan fingerprint density at radius 1 is 1.00 bits per heavy atom. The molecule has 0 heterocycles. The smallest absolute Gasteiger partial charge is 0.0578 e. The van der Waals surface area contributed by atoms with Crippen molar-refractivity contribution in [3.63, 3.8) is 0 Å². The summed E-state index contributed by atoms with van der Waals surface area (Å²) in [7, 11) is 0. The highest BCUT2D eigenvalue weighted by Gasteiger charge is 2.15. The molecule has 0 aliphatic rings. The van der Waals surface area contributed by atoms with Crippen molar-refractivity contribution in [2.24, 2.45) is 5.73 Å². The first-order valence-corrected chi connectivity index (χ1v) is 6.59. The largest absolute Gasteiger partial charge is 0.320 e. The molecule has 0 saturated heterocycles. The summed E-state index contributed by atoms with van der Waals surface area (Å²) in [4.78, 5) is 0. The molecule has 1 unspecified atom stereocenters. The maximum Gasteiger partial charge on any atom is 0.0578 e. The lowest BCUT2D eigenvalue weighted by Crippen LogP contribution is -2.13. The Balaban J connectivity index is 2.47. The van der Waals surface area contributed by atoms with E-state index in [0.717, 1.165) is 15.6 Å². The van der Waals surface area contributed by atoms with Crippen LogP contribution in [-0.2, 0) is 0 Å². The Morgan fingerprint density at radius 3 is 2.41 bits per heavy atom. The Kier molecular flexibility index (Phi) is 4.10. The van der Waals surface area contributed by atoms with E-state index in [9.17, 15) is 0 Å². The number of hydrogen-bond donors (Lipinski definition) is 1. The van der Waals surface area contributed by atoms with E-state index in [1.165, 1.54) is 0 Å². The van der Waals surface area contributed by atoms with Crippen LogP contribution in [0.4, 0.5) is 0 Å². The predicted molar refractivity (Wildman–Crippen MR) is 76.6 cm³/mol. The average Bonchev–Trinajstić information content (AvgIpc) is 2.32. The SMILES string of the molecule is NC(c1ccccc1Cl)c1cc(Cl)ccc1Br. The zero-order chi connectivity index (χ0) is 12.4. The molecule has 0 aliphatic carbocycles. The molecule has 0 fully saturated rings. The van der Waals surface area contributed by atoms with Crippen molar-refractivity contribution in [2.75, 3.05) is 0 Å². The van der Waals surface area contributed by atoms with E-state index in [0.29, 0.717) is 10.0 Å². The molecule has 2 aromatic carbocycles. The molecule has 0 amide bonds. The van der Waals surface area contributed by atoms with Crippen LogP contribution < -0.4 is 5.73 Å². The Hall–Kier alpha value is -0.540. The molecule has 88 valence electrons. The molecule has 2 aromatic rings. The fourth-order valence-corrected chi connectivity index (χ4v) is 2.57. The van der Waals surface area contributed by atoms with Crippen LogP contribution in [0, 0.1) is 0 Å². The zero-order valence-corrected chi connectivity index (χ0v) is 11.9. The molecule has 2 rings (SSSR count). The predicted octanol–water partition coefficient (Wildman–Crippen LogP) is 4.80. The molecule has 0 aliphatic heterocycles. The van der Waals surface area contributed by atoms with Gasteiger partial charge in [0.1, 0.15) is 0 Å². The average molecular weight is 331 g/mol. The molecule has 17 heavy (non-hydrogen) atoms. The van der Waals surface area contributed by atoms with Gasteiger partial charge < -0.3 is 5.73 Å². The van der Waals surface area contributed by atoms with Crippen LogP contribution in [0.2, 0.25) is 10.0 Å². The minimum atomic E-state index is -0.295. The van der Waals surface area contributed by atoms with Gasteiger partial charge in [0.05, 0.1) is 6.04 Å². The molecule has 1 atom stereocenters. The van der Waals surface area contributed by atoms with Crippen molar-refractivity contribution in [1.29, 1.82) is 0 Å². The van der Waals surface area contributed by atoms with Gasteiger partial charge in [-0.05, 0) is 35.4 Å². The fraction of sp³-hybridized carbons (Fsp3) is 0.0769. The summed E-state index contributed by atoms with van der Waals surface area (Å²) in [6.45, 7) is 0. The van der Waals surface area contributed by atoms with Crippen molar-refractivity contribution in [3.8, 4) is 0 Å². The van der Waals surface area contributed by atoms with E-state index in [1.54, 1.807) is 0 Å². The second kappa shape index (κ2) is 5.40. The van der Waals surface area contributed by atoms with Crippen LogP contribution in [-0.4, -0.2) is 0 Å². The Bertz CT molecular complexity index is 543. The first kappa shape index (κ1) is 12.9. The van der Waals surface area contributed by atoms with Crippen molar-refractivity contribution in [2.45, 2.75) is 6.04 Å². The van der Waals surface area contributed by atoms with Crippen LogP contribution in [0.15, 0.2) is 46.9 Å². The van der Waals surface area contributed by atoms with Gasteiger partial charge in [0.2, 0.25) is 0 Å². The van der Waals surface area contributed by atoms with E-state index in [4.69, 9.17) is 28.9 Å². The quantitative estimate of drug-likeness (QED) is 0.840. The van der Waals surface area contributed by atoms with Crippen molar-refractivity contribution >= 4 is 39.1 Å². The van der Waals surface area contributed by atoms with Gasteiger partial charge in [-0.25, -0.2) is 0 Å². The van der Waals surface area contributed by atoms with Crippen LogP contribution >= 0.6 is 39.1 Å². The van der Waals surface area contributed by atoms with Gasteiger partial charge in [-0.15, -0.1) is 0 Å². The Morgan fingerprint density at radius 2 is 1.71 bits per heavy atom. The molecule has 0 saturated carbocycles. The van der Waals surface area contributed by atoms with Crippen molar-refractivity contribution in [3.05, 3.63) is 68.1 Å². The van der Waals surface area contributed by atoms with Crippen molar-refractivity contribution in [1.82, 2.24) is 0 Å². The van der Waals surface area contributed by atoms with E-state index in [2.05, 4.69) is 15.9 Å². The highest BCUT2D eigenvalue weighted by Crippen LogP contribution is 2.32. The lowest BCUT2D eigenvalue weighted by atomic mass is 10.00. The molecule has 0 spiro atoms. The van der Waals surface area contributed by atoms with Gasteiger partial charge in [0, 0.05) is 14.5 Å². The van der Waals surface area contributed by atoms with Gasteiger partial charge >= 0.3 is 0 Å². The number of nitrogens with two attached hydrogens (primary N) is 1. The fourth-order valence-electron chi connectivity index (χ4n) is 1.65. The third-order valence-corrected chi connectivity index (χ3v) is 3.83. The third-order valence-electron chi connectivity index (χ3n) is 2.53. The van der Waals surface area contributed by atoms with E-state index >= 15 is 0 Å². The van der Waals surface area contributed by atoms with Crippen LogP contribution in [0.25, 0.3) is 0 Å². The monoisotopic (exact) mass is 329 g/mol. The topological polar surface area (TPSA) is 26.0 Å². The Labute approximate surface area is 119 Å². The summed E-state index contributed by atoms with van der Waals surface area (Å²) in [5, 5.41) is 1.32. The second-order valence-electron chi connectivity index (χ2n) is 3.67. The lowest BCUT2D eigenvalue weighted by Gasteiger charge is -2.16. The van der Waals surface area contributed by atoms with E-state index in [-0.39, 0.29) is 6.04 Å². The summed E-state index contributed by atoms with van der Waals surface area (Å²) >= 11 is 15.6. The van der Waals surface area contributed by atoms with Crippen LogP contribution in [0.1, 0.15) is 17.2 Å². The summed E-state index contributed by atoms with van der Waals surface area (Å²) in [5.41, 5.74) is 8.02. The maximum absolute atomic E-state index is 6.21. The molecular formula is C13H10BrCl2N. The van der Waals surface area contributed by atoms with E-state index in [1.807, 2.05) is 42.5 Å². The summed E-state index contributed by atoms with van der Waals surface area (Å²) < 4.78 is 0.925. The molecule has 2 N–H and O–H groups in total. The molecule has 1 nitrogen and oxygen atoms in total. The first-order chi connectivity index (χ1) is 8.09. The molecule has 0 bridgehead atoms. The normalized spacial score (nSPS) is 12.5. The van der Waals surface area contributed by atoms with E-state index < -0.39 is 0 Å².